The maximum absolute atomic E-state index is 12.8. The van der Waals surface area contributed by atoms with Gasteiger partial charge in [-0.1, -0.05) is 0 Å². The number of hydrogen-bond acceptors (Lipinski definition) is 6. The summed E-state index contributed by atoms with van der Waals surface area (Å²) in [5, 5.41) is 25.5. The molecule has 3 aromatic rings. The van der Waals surface area contributed by atoms with Crippen LogP contribution in [-0.2, 0) is 6.18 Å². The Morgan fingerprint density at radius 1 is 1.22 bits per heavy atom. The van der Waals surface area contributed by atoms with Crippen LogP contribution in [0.4, 0.5) is 19.0 Å². The Bertz CT molecular complexity index is 965. The number of phenols is 1. The molecule has 6 nitrogen and oxygen atoms in total. The van der Waals surface area contributed by atoms with Crippen molar-refractivity contribution in [2.75, 3.05) is 18.4 Å². The third-order valence-electron chi connectivity index (χ3n) is 4.60. The highest BCUT2D eigenvalue weighted by Gasteiger charge is 2.31. The van der Waals surface area contributed by atoms with Crippen LogP contribution in [0.3, 0.4) is 0 Å². The molecule has 1 aliphatic rings. The number of fused-ring (bicyclic) bond motifs is 1. The van der Waals surface area contributed by atoms with E-state index in [4.69, 9.17) is 4.42 Å². The molecule has 1 saturated heterocycles. The molecule has 0 saturated carbocycles. The highest BCUT2D eigenvalue weighted by molar-refractivity contribution is 5.97. The van der Waals surface area contributed by atoms with Gasteiger partial charge in [0.05, 0.1) is 17.2 Å². The molecule has 3 N–H and O–H groups in total. The van der Waals surface area contributed by atoms with Gasteiger partial charge in [0, 0.05) is 18.2 Å². The van der Waals surface area contributed by atoms with Gasteiger partial charge in [0.2, 0.25) is 0 Å². The number of furan rings is 1. The Kier molecular flexibility index (Phi) is 4.39. The van der Waals surface area contributed by atoms with Crippen LogP contribution in [-0.4, -0.2) is 34.4 Å². The first-order valence-electron chi connectivity index (χ1n) is 8.55. The van der Waals surface area contributed by atoms with Gasteiger partial charge >= 0.3 is 6.18 Å². The van der Waals surface area contributed by atoms with Crippen molar-refractivity contribution in [3.63, 3.8) is 0 Å². The highest BCUT2D eigenvalue weighted by Crippen LogP contribution is 2.39. The predicted molar refractivity (Wildman–Crippen MR) is 93.4 cm³/mol. The molecule has 2 aromatic heterocycles. The molecule has 0 bridgehead atoms. The van der Waals surface area contributed by atoms with Crippen LogP contribution in [0.2, 0.25) is 0 Å². The molecule has 0 amide bonds. The number of nitrogens with zero attached hydrogens (tertiary/aromatic N) is 2. The Morgan fingerprint density at radius 2 is 2.07 bits per heavy atom. The minimum Gasteiger partial charge on any atom is -0.507 e. The number of phenolic OH excluding ortho intramolecular Hbond substituents is 1. The van der Waals surface area contributed by atoms with E-state index in [-0.39, 0.29) is 17.3 Å². The molecule has 3 heterocycles. The SMILES string of the molecule is Oc1cc(C(F)(F)F)ccc1-c1nnc(N[C@@H]2CCCNC2)c2occc12. The molecule has 4 rings (SSSR count). The first kappa shape index (κ1) is 17.6. The first-order chi connectivity index (χ1) is 12.9. The zero-order valence-corrected chi connectivity index (χ0v) is 14.2. The number of aromatic nitrogens is 2. The van der Waals surface area contributed by atoms with Gasteiger partial charge in [-0.25, -0.2) is 0 Å². The summed E-state index contributed by atoms with van der Waals surface area (Å²) in [5.74, 6) is -0.0438. The molecule has 27 heavy (non-hydrogen) atoms. The smallest absolute Gasteiger partial charge is 0.416 e. The summed E-state index contributed by atoms with van der Waals surface area (Å²) in [4.78, 5) is 0. The van der Waals surface area contributed by atoms with E-state index in [1.165, 1.54) is 12.3 Å². The van der Waals surface area contributed by atoms with Crippen LogP contribution in [0, 0.1) is 0 Å². The maximum Gasteiger partial charge on any atom is 0.416 e. The Morgan fingerprint density at radius 3 is 2.78 bits per heavy atom. The van der Waals surface area contributed by atoms with Gasteiger partial charge in [0.1, 0.15) is 11.4 Å². The van der Waals surface area contributed by atoms with Crippen molar-refractivity contribution in [1.29, 1.82) is 0 Å². The molecule has 0 spiro atoms. The van der Waals surface area contributed by atoms with Gasteiger partial charge in [-0.3, -0.25) is 0 Å². The summed E-state index contributed by atoms with van der Waals surface area (Å²) in [7, 11) is 0. The van der Waals surface area contributed by atoms with E-state index in [1.54, 1.807) is 6.07 Å². The molecular formula is C18H17F3N4O2. The van der Waals surface area contributed by atoms with Crippen molar-refractivity contribution >= 4 is 16.8 Å². The largest absolute Gasteiger partial charge is 0.507 e. The quantitative estimate of drug-likeness (QED) is 0.643. The van der Waals surface area contributed by atoms with Gasteiger partial charge in [0.25, 0.3) is 0 Å². The zero-order chi connectivity index (χ0) is 19.0. The van der Waals surface area contributed by atoms with E-state index >= 15 is 0 Å². The number of nitrogens with one attached hydrogen (secondary N) is 2. The van der Waals surface area contributed by atoms with Crippen LogP contribution in [0.1, 0.15) is 18.4 Å². The average Bonchev–Trinajstić information content (AvgIpc) is 3.13. The summed E-state index contributed by atoms with van der Waals surface area (Å²) in [5.41, 5.74) is -0.0572. The summed E-state index contributed by atoms with van der Waals surface area (Å²) in [6.45, 7) is 1.78. The van der Waals surface area contributed by atoms with E-state index in [9.17, 15) is 18.3 Å². The van der Waals surface area contributed by atoms with E-state index in [0.717, 1.165) is 32.0 Å². The highest BCUT2D eigenvalue weighted by atomic mass is 19.4. The molecule has 0 aliphatic carbocycles. The maximum atomic E-state index is 12.8. The minimum atomic E-state index is -4.53. The first-order valence-corrected chi connectivity index (χ1v) is 8.55. The van der Waals surface area contributed by atoms with Crippen LogP contribution >= 0.6 is 0 Å². The lowest BCUT2D eigenvalue weighted by atomic mass is 10.0. The fraction of sp³-hybridized carbons (Fsp3) is 0.333. The third-order valence-corrected chi connectivity index (χ3v) is 4.60. The predicted octanol–water partition coefficient (Wildman–Crippen LogP) is 3.78. The summed E-state index contributed by atoms with van der Waals surface area (Å²) in [6.07, 6.45) is -1.04. The van der Waals surface area contributed by atoms with Crippen molar-refractivity contribution in [1.82, 2.24) is 15.5 Å². The molecular weight excluding hydrogens is 361 g/mol. The topological polar surface area (TPSA) is 83.2 Å². The number of rotatable bonds is 3. The number of aromatic hydroxyl groups is 1. The minimum absolute atomic E-state index is 0.160. The number of benzene rings is 1. The third kappa shape index (κ3) is 3.42. The van der Waals surface area contributed by atoms with Gasteiger partial charge in [-0.05, 0) is 43.7 Å². The number of piperidine rings is 1. The van der Waals surface area contributed by atoms with Crippen molar-refractivity contribution in [3.05, 3.63) is 36.1 Å². The Balaban J connectivity index is 1.71. The van der Waals surface area contributed by atoms with Crippen LogP contribution in [0.15, 0.2) is 34.9 Å². The molecule has 1 fully saturated rings. The average molecular weight is 378 g/mol. The molecule has 9 heteroatoms. The molecule has 0 unspecified atom stereocenters. The van der Waals surface area contributed by atoms with Crippen molar-refractivity contribution in [2.45, 2.75) is 25.1 Å². The summed E-state index contributed by atoms with van der Waals surface area (Å²) in [6, 6.07) is 4.62. The molecule has 1 aliphatic heterocycles. The van der Waals surface area contributed by atoms with Crippen molar-refractivity contribution < 1.29 is 22.7 Å². The second-order valence-electron chi connectivity index (χ2n) is 6.48. The van der Waals surface area contributed by atoms with Gasteiger partial charge in [-0.15, -0.1) is 10.2 Å². The van der Waals surface area contributed by atoms with Gasteiger partial charge < -0.3 is 20.2 Å². The van der Waals surface area contributed by atoms with E-state index in [0.29, 0.717) is 22.9 Å². The molecule has 142 valence electrons. The normalized spacial score (nSPS) is 18.0. The number of hydrogen-bond donors (Lipinski definition) is 3. The van der Waals surface area contributed by atoms with E-state index < -0.39 is 17.5 Å². The Labute approximate surface area is 152 Å². The molecule has 1 atom stereocenters. The summed E-state index contributed by atoms with van der Waals surface area (Å²) >= 11 is 0. The van der Waals surface area contributed by atoms with Crippen LogP contribution in [0.25, 0.3) is 22.2 Å². The van der Waals surface area contributed by atoms with Gasteiger partial charge in [-0.2, -0.15) is 13.2 Å². The van der Waals surface area contributed by atoms with Crippen LogP contribution in [0.5, 0.6) is 5.75 Å². The zero-order valence-electron chi connectivity index (χ0n) is 14.2. The van der Waals surface area contributed by atoms with Crippen molar-refractivity contribution in [2.24, 2.45) is 0 Å². The van der Waals surface area contributed by atoms with Gasteiger partial charge in [0.15, 0.2) is 11.4 Å². The lowest BCUT2D eigenvalue weighted by Gasteiger charge is -2.24. The summed E-state index contributed by atoms with van der Waals surface area (Å²) < 4.78 is 44.0. The molecule has 1 aromatic carbocycles. The Hall–Kier alpha value is -2.81. The second-order valence-corrected chi connectivity index (χ2v) is 6.48. The standard InChI is InChI=1S/C18H17F3N4O2/c19-18(20,21)10-3-4-12(14(26)8-10)15-13-5-7-27-16(13)17(25-24-15)23-11-2-1-6-22-9-11/h3-5,7-8,11,22,26H,1-2,6,9H2,(H,23,25)/t11-/m1/s1. The van der Waals surface area contributed by atoms with E-state index in [1.807, 2.05) is 0 Å². The fourth-order valence-corrected chi connectivity index (χ4v) is 3.25. The number of alkyl halides is 3. The number of anilines is 1. The lowest BCUT2D eigenvalue weighted by Crippen LogP contribution is -2.38. The number of halogens is 3. The van der Waals surface area contributed by atoms with E-state index in [2.05, 4.69) is 20.8 Å². The monoisotopic (exact) mass is 378 g/mol. The molecule has 0 radical (unpaired) electrons. The fourth-order valence-electron chi connectivity index (χ4n) is 3.25. The van der Waals surface area contributed by atoms with Crippen molar-refractivity contribution in [3.8, 4) is 17.0 Å². The second kappa shape index (κ2) is 6.73. The lowest BCUT2D eigenvalue weighted by molar-refractivity contribution is -0.137. The van der Waals surface area contributed by atoms with Crippen LogP contribution < -0.4 is 10.6 Å².